The molecule has 32 heavy (non-hydrogen) atoms. The van der Waals surface area contributed by atoms with Gasteiger partial charge in [-0.2, -0.15) is 0 Å². The van der Waals surface area contributed by atoms with Crippen molar-refractivity contribution in [2.24, 2.45) is 17.8 Å². The van der Waals surface area contributed by atoms with E-state index in [1.54, 1.807) is 25.1 Å². The molecular weight excluding hydrogens is 406 g/mol. The zero-order valence-corrected chi connectivity index (χ0v) is 18.1. The minimum Gasteiger partial charge on any atom is -0.508 e. The number of carbonyl (C=O) groups excluding carboxylic acids is 4. The van der Waals surface area contributed by atoms with Gasteiger partial charge in [-0.05, 0) is 55.9 Å². The molecular formula is C26H25NO5. The van der Waals surface area contributed by atoms with Gasteiger partial charge in [0, 0.05) is 29.2 Å². The number of phenolic OH excluding ortho intramolecular Hbond substituents is 1. The van der Waals surface area contributed by atoms with Crippen LogP contribution in [0, 0.1) is 17.8 Å². The first-order valence-corrected chi connectivity index (χ1v) is 11.2. The molecule has 1 heterocycles. The van der Waals surface area contributed by atoms with E-state index in [9.17, 15) is 24.3 Å². The van der Waals surface area contributed by atoms with Crippen LogP contribution >= 0.6 is 0 Å². The lowest BCUT2D eigenvalue weighted by Gasteiger charge is -2.42. The van der Waals surface area contributed by atoms with Crippen LogP contribution < -0.4 is 0 Å². The van der Waals surface area contributed by atoms with Crippen LogP contribution in [0.3, 0.4) is 0 Å². The standard InChI is InChI=1S/C26H25NO5/c1-3-9-27-25(31)17-8-7-16-18(22(17)26(27)32)12-19-20(29)10-13(2)24(30)23(19)21(16)14-5-4-6-15(28)11-14/h4-7,10-11,17-18,21-22,28H,3,8-9,12H2,1-2H3/t17-,18+,21-,22-/m0/s1. The second-order valence-corrected chi connectivity index (χ2v) is 9.15. The third-order valence-electron chi connectivity index (χ3n) is 7.31. The lowest BCUT2D eigenvalue weighted by Crippen LogP contribution is -2.39. The number of fused-ring (bicyclic) bond motifs is 3. The van der Waals surface area contributed by atoms with E-state index in [-0.39, 0.29) is 41.5 Å². The molecule has 0 spiro atoms. The average molecular weight is 431 g/mol. The summed E-state index contributed by atoms with van der Waals surface area (Å²) in [5.41, 5.74) is 2.90. The average Bonchev–Trinajstić information content (AvgIpc) is 3.01. The number of hydrogen-bond acceptors (Lipinski definition) is 5. The smallest absolute Gasteiger partial charge is 0.233 e. The number of phenols is 1. The van der Waals surface area contributed by atoms with Crippen molar-refractivity contribution in [1.82, 2.24) is 4.90 Å². The van der Waals surface area contributed by atoms with Gasteiger partial charge >= 0.3 is 0 Å². The summed E-state index contributed by atoms with van der Waals surface area (Å²) >= 11 is 0. The fraction of sp³-hybridized carbons (Fsp3) is 0.385. The van der Waals surface area contributed by atoms with Gasteiger partial charge in [0.25, 0.3) is 0 Å². The molecule has 1 saturated heterocycles. The van der Waals surface area contributed by atoms with Crippen LogP contribution in [-0.2, 0) is 19.2 Å². The second-order valence-electron chi connectivity index (χ2n) is 9.15. The summed E-state index contributed by atoms with van der Waals surface area (Å²) in [6.45, 7) is 3.97. The van der Waals surface area contributed by atoms with Gasteiger partial charge in [0.15, 0.2) is 11.6 Å². The number of aromatic hydroxyl groups is 1. The van der Waals surface area contributed by atoms with Crippen molar-refractivity contribution in [3.63, 3.8) is 0 Å². The predicted molar refractivity (Wildman–Crippen MR) is 116 cm³/mol. The topological polar surface area (TPSA) is 91.8 Å². The molecule has 1 aromatic carbocycles. The maximum Gasteiger partial charge on any atom is 0.233 e. The summed E-state index contributed by atoms with van der Waals surface area (Å²) in [4.78, 5) is 53.9. The Morgan fingerprint density at radius 3 is 2.59 bits per heavy atom. The van der Waals surface area contributed by atoms with Crippen LogP contribution in [0.1, 0.15) is 44.6 Å². The van der Waals surface area contributed by atoms with E-state index in [1.807, 2.05) is 19.1 Å². The van der Waals surface area contributed by atoms with Crippen molar-refractivity contribution in [2.45, 2.75) is 39.0 Å². The van der Waals surface area contributed by atoms with Gasteiger partial charge in [0.1, 0.15) is 5.75 Å². The Morgan fingerprint density at radius 1 is 1.09 bits per heavy atom. The lowest BCUT2D eigenvalue weighted by atomic mass is 9.59. The molecule has 4 atom stereocenters. The molecule has 1 aliphatic heterocycles. The van der Waals surface area contributed by atoms with Gasteiger partial charge < -0.3 is 5.11 Å². The van der Waals surface area contributed by atoms with Crippen molar-refractivity contribution in [2.75, 3.05) is 6.54 Å². The number of allylic oxidation sites excluding steroid dienone is 6. The number of imide groups is 1. The monoisotopic (exact) mass is 431 g/mol. The number of benzene rings is 1. The number of carbonyl (C=O) groups is 4. The van der Waals surface area contributed by atoms with Gasteiger partial charge in [-0.1, -0.05) is 30.7 Å². The number of amides is 2. The second kappa shape index (κ2) is 7.40. The van der Waals surface area contributed by atoms with Crippen molar-refractivity contribution in [1.29, 1.82) is 0 Å². The third kappa shape index (κ3) is 2.85. The van der Waals surface area contributed by atoms with Gasteiger partial charge in [0.05, 0.1) is 11.8 Å². The highest BCUT2D eigenvalue weighted by Gasteiger charge is 2.56. The minimum absolute atomic E-state index is 0.0733. The quantitative estimate of drug-likeness (QED) is 0.451. The number of rotatable bonds is 3. The molecule has 4 aliphatic rings. The first-order chi connectivity index (χ1) is 15.3. The van der Waals surface area contributed by atoms with E-state index in [1.165, 1.54) is 11.0 Å². The number of hydrogen-bond donors (Lipinski definition) is 1. The minimum atomic E-state index is -0.516. The fourth-order valence-electron chi connectivity index (χ4n) is 5.95. The van der Waals surface area contributed by atoms with Gasteiger partial charge in [-0.15, -0.1) is 0 Å². The van der Waals surface area contributed by atoms with E-state index in [0.717, 1.165) is 5.57 Å². The number of nitrogens with zero attached hydrogens (tertiary/aromatic N) is 1. The third-order valence-corrected chi connectivity index (χ3v) is 7.31. The van der Waals surface area contributed by atoms with Crippen LogP contribution in [0.5, 0.6) is 5.75 Å². The van der Waals surface area contributed by atoms with E-state index in [2.05, 4.69) is 0 Å². The van der Waals surface area contributed by atoms with Crippen LogP contribution in [-0.4, -0.2) is 39.9 Å². The Morgan fingerprint density at radius 2 is 1.88 bits per heavy atom. The highest BCUT2D eigenvalue weighted by molar-refractivity contribution is 6.23. The van der Waals surface area contributed by atoms with Gasteiger partial charge in [-0.3, -0.25) is 24.1 Å². The predicted octanol–water partition coefficient (Wildman–Crippen LogP) is 3.23. The molecule has 6 nitrogen and oxygen atoms in total. The largest absolute Gasteiger partial charge is 0.508 e. The molecule has 1 fully saturated rings. The summed E-state index contributed by atoms with van der Waals surface area (Å²) in [5.74, 6) is -2.36. The SMILES string of the molecule is CCCN1C(=O)[C@H]2[C@H](CC=C3[C@H](c4cccc(O)c4)C4=C(C[C@H]32)C(=O)C=C(C)C4=O)C1=O. The summed E-state index contributed by atoms with van der Waals surface area (Å²) in [6, 6.07) is 6.72. The maximum absolute atomic E-state index is 13.3. The van der Waals surface area contributed by atoms with Crippen molar-refractivity contribution >= 4 is 23.4 Å². The molecule has 3 aliphatic carbocycles. The number of ketones is 2. The van der Waals surface area contributed by atoms with Crippen molar-refractivity contribution < 1.29 is 24.3 Å². The zero-order valence-electron chi connectivity index (χ0n) is 18.1. The van der Waals surface area contributed by atoms with Crippen molar-refractivity contribution in [3.8, 4) is 5.75 Å². The Labute approximate surface area is 186 Å². The van der Waals surface area contributed by atoms with Crippen LogP contribution in [0.15, 0.2) is 58.7 Å². The Balaban J connectivity index is 1.67. The fourth-order valence-corrected chi connectivity index (χ4v) is 5.95. The lowest BCUT2D eigenvalue weighted by molar-refractivity contribution is -0.140. The van der Waals surface area contributed by atoms with Crippen molar-refractivity contribution in [3.05, 3.63) is 64.3 Å². The molecule has 0 saturated carbocycles. The molecule has 1 aromatic rings. The molecule has 0 aromatic heterocycles. The summed E-state index contributed by atoms with van der Waals surface area (Å²) in [6.07, 6.45) is 4.79. The van der Waals surface area contributed by atoms with E-state index >= 15 is 0 Å². The molecule has 1 N–H and O–H groups in total. The summed E-state index contributed by atoms with van der Waals surface area (Å²) < 4.78 is 0. The van der Waals surface area contributed by atoms with Crippen LogP contribution in [0.2, 0.25) is 0 Å². The normalized spacial score (nSPS) is 29.5. The highest BCUT2D eigenvalue weighted by Crippen LogP contribution is 2.55. The molecule has 6 heteroatoms. The van der Waals surface area contributed by atoms with E-state index < -0.39 is 17.8 Å². The Hall–Kier alpha value is -3.28. The first-order valence-electron chi connectivity index (χ1n) is 11.2. The Bertz CT molecular complexity index is 1170. The zero-order chi connectivity index (χ0) is 22.7. The summed E-state index contributed by atoms with van der Waals surface area (Å²) in [5, 5.41) is 10.1. The first kappa shape index (κ1) is 20.6. The molecule has 0 bridgehead atoms. The molecule has 0 radical (unpaired) electrons. The highest BCUT2D eigenvalue weighted by atomic mass is 16.3. The number of Topliss-reactive ketones (excluding diaryl/α,β-unsaturated/α-hetero) is 1. The molecule has 2 amide bonds. The molecule has 0 unspecified atom stereocenters. The van der Waals surface area contributed by atoms with Gasteiger partial charge in [0.2, 0.25) is 11.8 Å². The Kier molecular flexibility index (Phi) is 4.77. The molecule has 5 rings (SSSR count). The maximum atomic E-state index is 13.3. The number of likely N-dealkylation sites (tertiary alicyclic amines) is 1. The van der Waals surface area contributed by atoms with Crippen LogP contribution in [0.25, 0.3) is 0 Å². The van der Waals surface area contributed by atoms with Crippen LogP contribution in [0.4, 0.5) is 0 Å². The van der Waals surface area contributed by atoms with Gasteiger partial charge in [-0.25, -0.2) is 0 Å². The molecule has 164 valence electrons. The van der Waals surface area contributed by atoms with E-state index in [4.69, 9.17) is 0 Å². The summed E-state index contributed by atoms with van der Waals surface area (Å²) in [7, 11) is 0. The van der Waals surface area contributed by atoms with E-state index in [0.29, 0.717) is 41.7 Å².